The Kier molecular flexibility index (Phi) is 8.76. The van der Waals surface area contributed by atoms with Crippen molar-refractivity contribution in [1.82, 2.24) is 5.32 Å². The minimum absolute atomic E-state index is 0.121. The van der Waals surface area contributed by atoms with E-state index in [0.29, 0.717) is 17.4 Å². The first-order chi connectivity index (χ1) is 18.8. The van der Waals surface area contributed by atoms with E-state index in [9.17, 15) is 33.1 Å². The second-order valence-corrected chi connectivity index (χ2v) is 12.9. The van der Waals surface area contributed by atoms with Crippen molar-refractivity contribution in [1.29, 1.82) is 0 Å². The first-order valence-corrected chi connectivity index (χ1v) is 13.3. The van der Waals surface area contributed by atoms with Crippen LogP contribution < -0.4 is 20.9 Å². The molecule has 2 aromatic rings. The van der Waals surface area contributed by atoms with Crippen LogP contribution in [0.25, 0.3) is 0 Å². The number of hydrogen-bond acceptors (Lipinski definition) is 6. The Bertz CT molecular complexity index is 1290. The third-order valence-electron chi connectivity index (χ3n) is 6.48. The van der Waals surface area contributed by atoms with Crippen LogP contribution in [0.1, 0.15) is 60.1 Å². The Morgan fingerprint density at radius 3 is 1.71 bits per heavy atom. The molecule has 3 rings (SSSR count). The highest BCUT2D eigenvalue weighted by Gasteiger charge is 2.57. The predicted molar refractivity (Wildman–Crippen MR) is 151 cm³/mol. The van der Waals surface area contributed by atoms with Gasteiger partial charge in [-0.05, 0) is 47.6 Å². The van der Waals surface area contributed by atoms with E-state index in [1.165, 1.54) is 16.7 Å². The lowest BCUT2D eigenvalue weighted by molar-refractivity contribution is -0.144. The summed E-state index contributed by atoms with van der Waals surface area (Å²) in [7, 11) is 0. The average molecular weight is 573 g/mol. The fourth-order valence-electron chi connectivity index (χ4n) is 4.71. The number of para-hydroxylation sites is 2. The summed E-state index contributed by atoms with van der Waals surface area (Å²) in [6, 6.07) is 7.37. The van der Waals surface area contributed by atoms with E-state index in [2.05, 4.69) is 5.32 Å². The molecule has 9 nitrogen and oxygen atoms in total. The zero-order chi connectivity index (χ0) is 31.1. The Morgan fingerprint density at radius 1 is 0.902 bits per heavy atom. The molecule has 0 aliphatic carbocycles. The Labute approximate surface area is 238 Å². The maximum absolute atomic E-state index is 14.2. The zero-order valence-electron chi connectivity index (χ0n) is 24.4. The molecule has 3 amide bonds. The second-order valence-electron chi connectivity index (χ2n) is 12.9. The first-order valence-electron chi connectivity index (χ1n) is 13.3. The van der Waals surface area contributed by atoms with Gasteiger partial charge in [-0.3, -0.25) is 19.2 Å². The number of nitrogens with zero attached hydrogens (tertiary/aromatic N) is 2. The lowest BCUT2D eigenvalue weighted by Crippen LogP contribution is -2.71. The van der Waals surface area contributed by atoms with Gasteiger partial charge in [-0.1, -0.05) is 53.7 Å². The van der Waals surface area contributed by atoms with Crippen LogP contribution in [0.4, 0.5) is 20.2 Å². The predicted octanol–water partition coefficient (Wildman–Crippen LogP) is 3.24. The number of nitrogens with one attached hydrogen (secondary N) is 1. The molecule has 4 N–H and O–H groups in total. The van der Waals surface area contributed by atoms with Crippen molar-refractivity contribution < 1.29 is 33.1 Å². The number of benzene rings is 2. The maximum Gasteiger partial charge on any atom is 0.264 e. The summed E-state index contributed by atoms with van der Waals surface area (Å²) in [6.45, 7) is 12.8. The number of halogens is 2. The molecule has 2 aromatic carbocycles. The molecule has 1 heterocycles. The smallest absolute Gasteiger partial charge is 0.264 e. The molecule has 0 bridgehead atoms. The third kappa shape index (κ3) is 6.79. The van der Waals surface area contributed by atoms with Crippen LogP contribution in [0.5, 0.6) is 0 Å². The van der Waals surface area contributed by atoms with Gasteiger partial charge in [-0.2, -0.15) is 0 Å². The molecule has 0 radical (unpaired) electrons. The van der Waals surface area contributed by atoms with Crippen molar-refractivity contribution in [2.45, 2.75) is 66.2 Å². The number of hydrogen-bond donors (Lipinski definition) is 3. The largest absolute Gasteiger partial charge is 0.378 e. The summed E-state index contributed by atoms with van der Waals surface area (Å²) in [5.74, 6) is -6.22. The van der Waals surface area contributed by atoms with Gasteiger partial charge in [-0.15, -0.1) is 0 Å². The number of anilines is 2. The van der Waals surface area contributed by atoms with Gasteiger partial charge in [0.05, 0.1) is 17.4 Å². The molecule has 0 aromatic heterocycles. The fourth-order valence-corrected chi connectivity index (χ4v) is 4.71. The molecular formula is C30H38F2N4O5. The van der Waals surface area contributed by atoms with E-state index in [1.807, 2.05) is 41.5 Å². The Hall–Kier alpha value is -3.70. The summed E-state index contributed by atoms with van der Waals surface area (Å²) in [4.78, 5) is 57.7. The highest BCUT2D eigenvalue weighted by molar-refractivity contribution is 6.37. The molecule has 222 valence electrons. The van der Waals surface area contributed by atoms with E-state index in [1.54, 1.807) is 24.3 Å². The number of amides is 3. The zero-order valence-corrected chi connectivity index (χ0v) is 24.4. The number of rotatable bonds is 7. The Balaban J connectivity index is 2.06. The van der Waals surface area contributed by atoms with Crippen molar-refractivity contribution >= 4 is 34.9 Å². The van der Waals surface area contributed by atoms with Gasteiger partial charge in [-0.25, -0.2) is 8.78 Å². The normalized spacial score (nSPS) is 17.0. The summed E-state index contributed by atoms with van der Waals surface area (Å²) in [6.07, 6.45) is -2.04. The lowest BCUT2D eigenvalue weighted by atomic mass is 9.86. The quantitative estimate of drug-likeness (QED) is 0.437. The molecule has 0 saturated carbocycles. The standard InChI is InChI=1S/C30H38F2N4O5/c1-17(34-25(39)23(37)18-12-19(31)14-20(32)13-18)24(38)30(33)26(40)35(15-28(2,3)4)21-10-8-9-11-22(21)36(27(30)41)16-29(5,6)7/h8-14,17,23,37H,15-16,33H2,1-7H3,(H,34,39)/t17-,23?/m0/s1. The lowest BCUT2D eigenvalue weighted by Gasteiger charge is -2.35. The van der Waals surface area contributed by atoms with E-state index < -0.39 is 63.7 Å². The van der Waals surface area contributed by atoms with Crippen molar-refractivity contribution in [2.75, 3.05) is 22.9 Å². The second kappa shape index (κ2) is 11.3. The van der Waals surface area contributed by atoms with E-state index in [-0.39, 0.29) is 18.7 Å². The number of nitrogens with two attached hydrogens (primary N) is 1. The van der Waals surface area contributed by atoms with Gasteiger partial charge < -0.3 is 26.0 Å². The molecule has 0 saturated heterocycles. The van der Waals surface area contributed by atoms with Crippen LogP contribution in [-0.2, 0) is 19.2 Å². The van der Waals surface area contributed by atoms with Crippen LogP contribution in [0.3, 0.4) is 0 Å². The monoisotopic (exact) mass is 572 g/mol. The summed E-state index contributed by atoms with van der Waals surface area (Å²) >= 11 is 0. The topological polar surface area (TPSA) is 133 Å². The van der Waals surface area contributed by atoms with Crippen LogP contribution >= 0.6 is 0 Å². The first kappa shape index (κ1) is 31.8. The number of carbonyl (C=O) groups excluding carboxylic acids is 4. The van der Waals surface area contributed by atoms with Gasteiger partial charge in [0.2, 0.25) is 5.54 Å². The number of aliphatic hydroxyl groups is 1. The highest BCUT2D eigenvalue weighted by Crippen LogP contribution is 2.39. The van der Waals surface area contributed by atoms with Gasteiger partial charge in [0.25, 0.3) is 17.7 Å². The van der Waals surface area contributed by atoms with Crippen molar-refractivity contribution in [2.24, 2.45) is 16.6 Å². The molecular weight excluding hydrogens is 534 g/mol. The van der Waals surface area contributed by atoms with Crippen LogP contribution in [-0.4, -0.2) is 53.3 Å². The van der Waals surface area contributed by atoms with Gasteiger partial charge >= 0.3 is 0 Å². The molecule has 1 aliphatic rings. The van der Waals surface area contributed by atoms with Gasteiger partial charge in [0.1, 0.15) is 11.6 Å². The fraction of sp³-hybridized carbons (Fsp3) is 0.467. The highest BCUT2D eigenvalue weighted by atomic mass is 19.1. The van der Waals surface area contributed by atoms with Crippen molar-refractivity contribution in [3.63, 3.8) is 0 Å². The summed E-state index contributed by atoms with van der Waals surface area (Å²) < 4.78 is 27.3. The summed E-state index contributed by atoms with van der Waals surface area (Å²) in [5.41, 5.74) is 3.32. The van der Waals surface area contributed by atoms with Gasteiger partial charge in [0, 0.05) is 19.2 Å². The molecule has 0 fully saturated rings. The van der Waals surface area contributed by atoms with E-state index in [4.69, 9.17) is 5.73 Å². The molecule has 1 aliphatic heterocycles. The number of carbonyl (C=O) groups is 4. The van der Waals surface area contributed by atoms with E-state index >= 15 is 0 Å². The minimum Gasteiger partial charge on any atom is -0.378 e. The third-order valence-corrected chi connectivity index (χ3v) is 6.48. The number of fused-ring (bicyclic) bond motifs is 1. The van der Waals surface area contributed by atoms with Crippen LogP contribution in [0.2, 0.25) is 0 Å². The SMILES string of the molecule is C[C@H](NC(=O)C(O)c1cc(F)cc(F)c1)C(=O)C1(N)C(=O)N(CC(C)(C)C)c2ccccc2N(CC(C)(C)C)C1=O. The number of ketones is 1. The van der Waals surface area contributed by atoms with Crippen LogP contribution in [0, 0.1) is 22.5 Å². The van der Waals surface area contributed by atoms with Crippen molar-refractivity contribution in [3.05, 3.63) is 59.7 Å². The number of aliphatic hydroxyl groups excluding tert-OH is 1. The molecule has 2 atom stereocenters. The maximum atomic E-state index is 14.2. The Morgan fingerprint density at radius 2 is 1.32 bits per heavy atom. The molecule has 11 heteroatoms. The molecule has 41 heavy (non-hydrogen) atoms. The van der Waals surface area contributed by atoms with Crippen LogP contribution in [0.15, 0.2) is 42.5 Å². The number of Topliss-reactive ketones (excluding diaryl/α,β-unsaturated/α-hetero) is 1. The average Bonchev–Trinajstić information content (AvgIpc) is 2.91. The summed E-state index contributed by atoms with van der Waals surface area (Å²) in [5, 5.41) is 12.7. The minimum atomic E-state index is -2.74. The molecule has 1 unspecified atom stereocenters. The van der Waals surface area contributed by atoms with Gasteiger partial charge in [0.15, 0.2) is 11.9 Å². The van der Waals surface area contributed by atoms with E-state index in [0.717, 1.165) is 12.1 Å². The van der Waals surface area contributed by atoms with Crippen molar-refractivity contribution in [3.8, 4) is 0 Å². The molecule has 0 spiro atoms.